The molecule has 2 amide bonds. The molecule has 6 heteroatoms. The fourth-order valence-electron chi connectivity index (χ4n) is 3.89. The van der Waals surface area contributed by atoms with E-state index in [-0.39, 0.29) is 17.7 Å². The summed E-state index contributed by atoms with van der Waals surface area (Å²) < 4.78 is 10.5. The summed E-state index contributed by atoms with van der Waals surface area (Å²) in [6.45, 7) is 2.58. The van der Waals surface area contributed by atoms with Gasteiger partial charge in [0.05, 0.1) is 14.2 Å². The summed E-state index contributed by atoms with van der Waals surface area (Å²) in [5.74, 6) is 1.62. The van der Waals surface area contributed by atoms with E-state index < -0.39 is 0 Å². The van der Waals surface area contributed by atoms with Gasteiger partial charge in [0, 0.05) is 43.7 Å². The lowest BCUT2D eigenvalue weighted by molar-refractivity contribution is -0.135. The second kappa shape index (κ2) is 8.43. The van der Waals surface area contributed by atoms with Gasteiger partial charge in [-0.05, 0) is 31.4 Å². The van der Waals surface area contributed by atoms with Gasteiger partial charge in [-0.2, -0.15) is 0 Å². The Labute approximate surface area is 155 Å². The maximum Gasteiger partial charge on any atom is 0.254 e. The predicted molar refractivity (Wildman–Crippen MR) is 98.6 cm³/mol. The first-order valence-corrected chi connectivity index (χ1v) is 9.43. The number of benzene rings is 1. The molecule has 0 unspecified atom stereocenters. The molecule has 6 nitrogen and oxygen atoms in total. The molecule has 142 valence electrons. The number of amides is 2. The van der Waals surface area contributed by atoms with Gasteiger partial charge in [0.2, 0.25) is 5.91 Å². The molecule has 0 radical (unpaired) electrons. The fourth-order valence-corrected chi connectivity index (χ4v) is 3.89. The van der Waals surface area contributed by atoms with Crippen LogP contribution in [0.15, 0.2) is 18.2 Å². The van der Waals surface area contributed by atoms with Crippen LogP contribution in [0.5, 0.6) is 11.5 Å². The van der Waals surface area contributed by atoms with Crippen molar-refractivity contribution in [2.75, 3.05) is 40.4 Å². The van der Waals surface area contributed by atoms with Crippen LogP contribution in [0.1, 0.15) is 42.5 Å². The topological polar surface area (TPSA) is 59.1 Å². The molecule has 0 bridgehead atoms. The molecule has 3 rings (SSSR count). The van der Waals surface area contributed by atoms with Crippen LogP contribution in [-0.4, -0.2) is 62.0 Å². The number of carbonyl (C=O) groups is 2. The quantitative estimate of drug-likeness (QED) is 0.828. The lowest BCUT2D eigenvalue weighted by Gasteiger charge is -2.24. The van der Waals surface area contributed by atoms with E-state index in [1.165, 1.54) is 0 Å². The molecule has 0 atom stereocenters. The molecule has 1 aromatic carbocycles. The lowest BCUT2D eigenvalue weighted by atomic mass is 10.1. The van der Waals surface area contributed by atoms with Gasteiger partial charge >= 0.3 is 0 Å². The average Bonchev–Trinajstić information content (AvgIpc) is 3.11. The van der Waals surface area contributed by atoms with Gasteiger partial charge in [-0.25, -0.2) is 0 Å². The molecule has 2 aliphatic rings. The molecule has 1 heterocycles. The summed E-state index contributed by atoms with van der Waals surface area (Å²) in [7, 11) is 3.14. The summed E-state index contributed by atoms with van der Waals surface area (Å²) in [6.07, 6.45) is 5.16. The van der Waals surface area contributed by atoms with Gasteiger partial charge in [-0.3, -0.25) is 9.59 Å². The van der Waals surface area contributed by atoms with E-state index >= 15 is 0 Å². The van der Waals surface area contributed by atoms with Crippen molar-refractivity contribution in [1.29, 1.82) is 0 Å². The third-order valence-electron chi connectivity index (χ3n) is 5.40. The number of ether oxygens (including phenoxy) is 2. The lowest BCUT2D eigenvalue weighted by Crippen LogP contribution is -2.39. The van der Waals surface area contributed by atoms with Crippen LogP contribution in [0.2, 0.25) is 0 Å². The van der Waals surface area contributed by atoms with Crippen molar-refractivity contribution in [2.45, 2.75) is 32.1 Å². The fraction of sp³-hybridized carbons (Fsp3) is 0.600. The Bertz CT molecular complexity index is 633. The van der Waals surface area contributed by atoms with Crippen LogP contribution in [0.3, 0.4) is 0 Å². The highest BCUT2D eigenvalue weighted by molar-refractivity contribution is 5.95. The monoisotopic (exact) mass is 360 g/mol. The van der Waals surface area contributed by atoms with Crippen LogP contribution in [-0.2, 0) is 4.79 Å². The number of nitrogens with zero attached hydrogens (tertiary/aromatic N) is 2. The highest BCUT2D eigenvalue weighted by Gasteiger charge is 2.29. The Balaban J connectivity index is 1.66. The smallest absolute Gasteiger partial charge is 0.254 e. The second-order valence-electron chi connectivity index (χ2n) is 7.05. The van der Waals surface area contributed by atoms with E-state index in [0.29, 0.717) is 36.7 Å². The molecular weight excluding hydrogens is 332 g/mol. The summed E-state index contributed by atoms with van der Waals surface area (Å²) in [5.41, 5.74) is 0.553. The minimum atomic E-state index is -0.0441. The highest BCUT2D eigenvalue weighted by Crippen LogP contribution is 2.27. The van der Waals surface area contributed by atoms with Crippen LogP contribution in [0.25, 0.3) is 0 Å². The van der Waals surface area contributed by atoms with Crippen molar-refractivity contribution in [2.24, 2.45) is 5.92 Å². The Morgan fingerprint density at radius 2 is 1.42 bits per heavy atom. The van der Waals surface area contributed by atoms with Crippen molar-refractivity contribution in [1.82, 2.24) is 9.80 Å². The summed E-state index contributed by atoms with van der Waals surface area (Å²) in [4.78, 5) is 29.4. The van der Waals surface area contributed by atoms with Gasteiger partial charge in [0.15, 0.2) is 0 Å². The number of methoxy groups -OCH3 is 2. The molecule has 1 aliphatic heterocycles. The zero-order valence-corrected chi connectivity index (χ0v) is 15.7. The third kappa shape index (κ3) is 4.11. The Hall–Kier alpha value is -2.24. The Morgan fingerprint density at radius 1 is 0.846 bits per heavy atom. The van der Waals surface area contributed by atoms with Crippen molar-refractivity contribution in [3.8, 4) is 11.5 Å². The van der Waals surface area contributed by atoms with Crippen molar-refractivity contribution >= 4 is 11.8 Å². The van der Waals surface area contributed by atoms with Crippen LogP contribution >= 0.6 is 0 Å². The maximum absolute atomic E-state index is 12.9. The largest absolute Gasteiger partial charge is 0.497 e. The zero-order valence-electron chi connectivity index (χ0n) is 15.7. The first kappa shape index (κ1) is 18.5. The van der Waals surface area contributed by atoms with Gasteiger partial charge in [-0.1, -0.05) is 12.8 Å². The molecule has 0 N–H and O–H groups in total. The molecular formula is C20H28N2O4. The van der Waals surface area contributed by atoms with Crippen molar-refractivity contribution in [3.63, 3.8) is 0 Å². The van der Waals surface area contributed by atoms with Crippen LogP contribution < -0.4 is 9.47 Å². The van der Waals surface area contributed by atoms with Gasteiger partial charge < -0.3 is 19.3 Å². The number of hydrogen-bond donors (Lipinski definition) is 0. The van der Waals surface area contributed by atoms with E-state index in [1.54, 1.807) is 32.4 Å². The van der Waals surface area contributed by atoms with Gasteiger partial charge in [0.1, 0.15) is 11.5 Å². The molecule has 1 aliphatic carbocycles. The minimum absolute atomic E-state index is 0.0441. The van der Waals surface area contributed by atoms with E-state index in [4.69, 9.17) is 9.47 Å². The minimum Gasteiger partial charge on any atom is -0.497 e. The van der Waals surface area contributed by atoms with Gasteiger partial charge in [-0.15, -0.1) is 0 Å². The second-order valence-corrected chi connectivity index (χ2v) is 7.05. The molecule has 2 fully saturated rings. The van der Waals surface area contributed by atoms with Crippen LogP contribution in [0, 0.1) is 5.92 Å². The standard InChI is InChI=1S/C20H28N2O4/c1-25-17-12-16(13-18(14-17)26-2)20(24)22-9-5-8-21(10-11-22)19(23)15-6-3-4-7-15/h12-15H,3-11H2,1-2H3. The molecule has 1 saturated carbocycles. The van der Waals surface area contributed by atoms with E-state index in [2.05, 4.69) is 0 Å². The third-order valence-corrected chi connectivity index (χ3v) is 5.40. The summed E-state index contributed by atoms with van der Waals surface area (Å²) in [5, 5.41) is 0. The molecule has 0 aromatic heterocycles. The highest BCUT2D eigenvalue weighted by atomic mass is 16.5. The van der Waals surface area contributed by atoms with E-state index in [0.717, 1.165) is 38.6 Å². The number of carbonyl (C=O) groups excluding carboxylic acids is 2. The number of rotatable bonds is 4. The van der Waals surface area contributed by atoms with Crippen molar-refractivity contribution < 1.29 is 19.1 Å². The van der Waals surface area contributed by atoms with Crippen molar-refractivity contribution in [3.05, 3.63) is 23.8 Å². The normalized spacial score (nSPS) is 18.5. The maximum atomic E-state index is 12.9. The zero-order chi connectivity index (χ0) is 18.5. The molecule has 0 spiro atoms. The Morgan fingerprint density at radius 3 is 2.04 bits per heavy atom. The summed E-state index contributed by atoms with van der Waals surface area (Å²) in [6, 6.07) is 5.22. The van der Waals surface area contributed by atoms with Crippen LogP contribution in [0.4, 0.5) is 0 Å². The average molecular weight is 360 g/mol. The summed E-state index contributed by atoms with van der Waals surface area (Å²) >= 11 is 0. The van der Waals surface area contributed by atoms with E-state index in [9.17, 15) is 9.59 Å². The molecule has 26 heavy (non-hydrogen) atoms. The predicted octanol–water partition coefficient (Wildman–Crippen LogP) is 2.57. The SMILES string of the molecule is COc1cc(OC)cc(C(=O)N2CCCN(C(=O)C3CCCC3)CC2)c1. The molecule has 1 aromatic rings. The molecule has 1 saturated heterocycles. The van der Waals surface area contributed by atoms with Gasteiger partial charge in [0.25, 0.3) is 5.91 Å². The van der Waals surface area contributed by atoms with E-state index in [1.807, 2.05) is 9.80 Å². The first-order chi connectivity index (χ1) is 12.6. The first-order valence-electron chi connectivity index (χ1n) is 9.43. The Kier molecular flexibility index (Phi) is 6.01. The number of hydrogen-bond acceptors (Lipinski definition) is 4.